The summed E-state index contributed by atoms with van der Waals surface area (Å²) >= 11 is 0. The normalized spacial score (nSPS) is 22.3. The number of carbonyl (C=O) groups is 1. The van der Waals surface area contributed by atoms with Crippen LogP contribution in [0.4, 0.5) is 0 Å². The lowest BCUT2D eigenvalue weighted by atomic mass is 10.1. The van der Waals surface area contributed by atoms with Crippen molar-refractivity contribution in [2.45, 2.75) is 26.3 Å². The molecular weight excluding hydrogens is 250 g/mol. The molecule has 1 saturated carbocycles. The van der Waals surface area contributed by atoms with Crippen LogP contribution in [0.3, 0.4) is 0 Å². The van der Waals surface area contributed by atoms with Gasteiger partial charge in [-0.25, -0.2) is 4.98 Å². The van der Waals surface area contributed by atoms with Crippen LogP contribution in [0, 0.1) is 11.8 Å². The Labute approximate surface area is 118 Å². The highest BCUT2D eigenvalue weighted by atomic mass is 16.2. The molecule has 4 nitrogen and oxygen atoms in total. The van der Waals surface area contributed by atoms with Crippen molar-refractivity contribution in [1.29, 1.82) is 0 Å². The highest BCUT2D eigenvalue weighted by Crippen LogP contribution is 2.38. The zero-order valence-electron chi connectivity index (χ0n) is 11.8. The number of aromatic nitrogens is 2. The lowest BCUT2D eigenvalue weighted by Crippen LogP contribution is -2.28. The third-order valence-electron chi connectivity index (χ3n) is 4.00. The highest BCUT2D eigenvalue weighted by Gasteiger charge is 2.39. The van der Waals surface area contributed by atoms with E-state index in [1.165, 1.54) is 0 Å². The maximum Gasteiger partial charge on any atom is 0.223 e. The van der Waals surface area contributed by atoms with Gasteiger partial charge in [0, 0.05) is 24.0 Å². The standard InChI is InChI=1S/C16H19N3O/c1-11-9-15(11)16(20)18-12(2)13-3-5-14(6-4-13)19-8-7-17-10-19/h3-8,10-12,15H,9H2,1-2H3,(H,18,20)/t11-,12+,15-/m1/s1. The number of rotatable bonds is 4. The fraction of sp³-hybridized carbons (Fsp3) is 0.375. The van der Waals surface area contributed by atoms with Gasteiger partial charge in [0.05, 0.1) is 12.4 Å². The molecule has 3 atom stereocenters. The van der Waals surface area contributed by atoms with Crippen molar-refractivity contribution in [1.82, 2.24) is 14.9 Å². The first-order valence-electron chi connectivity index (χ1n) is 7.04. The van der Waals surface area contributed by atoms with Gasteiger partial charge in [-0.3, -0.25) is 4.79 Å². The van der Waals surface area contributed by atoms with Crippen LogP contribution < -0.4 is 5.32 Å². The maximum absolute atomic E-state index is 11.9. The number of hydrogen-bond acceptors (Lipinski definition) is 2. The van der Waals surface area contributed by atoms with E-state index in [4.69, 9.17) is 0 Å². The van der Waals surface area contributed by atoms with E-state index >= 15 is 0 Å². The van der Waals surface area contributed by atoms with Crippen molar-refractivity contribution < 1.29 is 4.79 Å². The van der Waals surface area contributed by atoms with E-state index in [1.54, 1.807) is 12.5 Å². The van der Waals surface area contributed by atoms with Gasteiger partial charge in [-0.1, -0.05) is 19.1 Å². The smallest absolute Gasteiger partial charge is 0.223 e. The number of imidazole rings is 1. The number of nitrogens with zero attached hydrogens (tertiary/aromatic N) is 2. The molecule has 4 heteroatoms. The quantitative estimate of drug-likeness (QED) is 0.927. The molecule has 0 aliphatic heterocycles. The van der Waals surface area contributed by atoms with Crippen molar-refractivity contribution in [2.75, 3.05) is 0 Å². The summed E-state index contributed by atoms with van der Waals surface area (Å²) in [5.74, 6) is 0.956. The Bertz CT molecular complexity index is 589. The van der Waals surface area contributed by atoms with Crippen molar-refractivity contribution >= 4 is 5.91 Å². The molecule has 1 N–H and O–H groups in total. The van der Waals surface area contributed by atoms with Gasteiger partial charge in [0.25, 0.3) is 0 Å². The molecule has 0 unspecified atom stereocenters. The number of hydrogen-bond donors (Lipinski definition) is 1. The average molecular weight is 269 g/mol. The Balaban J connectivity index is 1.66. The molecule has 104 valence electrons. The van der Waals surface area contributed by atoms with E-state index in [1.807, 2.05) is 29.8 Å². The van der Waals surface area contributed by atoms with Gasteiger partial charge in [0.15, 0.2) is 0 Å². The first kappa shape index (κ1) is 12.9. The molecule has 2 aromatic rings. The largest absolute Gasteiger partial charge is 0.349 e. The summed E-state index contributed by atoms with van der Waals surface area (Å²) in [6.07, 6.45) is 6.47. The Morgan fingerprint density at radius 1 is 1.40 bits per heavy atom. The van der Waals surface area contributed by atoms with E-state index < -0.39 is 0 Å². The highest BCUT2D eigenvalue weighted by molar-refractivity contribution is 5.81. The van der Waals surface area contributed by atoms with Gasteiger partial charge in [-0.2, -0.15) is 0 Å². The Morgan fingerprint density at radius 2 is 2.10 bits per heavy atom. The van der Waals surface area contributed by atoms with Crippen LogP contribution in [-0.2, 0) is 4.79 Å². The third kappa shape index (κ3) is 2.59. The minimum atomic E-state index is 0.0483. The summed E-state index contributed by atoms with van der Waals surface area (Å²) in [6.45, 7) is 4.14. The molecule has 1 aromatic heterocycles. The van der Waals surface area contributed by atoms with Crippen LogP contribution >= 0.6 is 0 Å². The van der Waals surface area contributed by atoms with Gasteiger partial charge in [-0.15, -0.1) is 0 Å². The molecule has 3 rings (SSSR count). The Morgan fingerprint density at radius 3 is 2.65 bits per heavy atom. The lowest BCUT2D eigenvalue weighted by Gasteiger charge is -2.15. The SMILES string of the molecule is C[C@H](NC(=O)[C@@H]1C[C@H]1C)c1ccc(-n2ccnc2)cc1. The molecule has 1 heterocycles. The van der Waals surface area contributed by atoms with E-state index in [9.17, 15) is 4.79 Å². The zero-order chi connectivity index (χ0) is 14.1. The van der Waals surface area contributed by atoms with Gasteiger partial charge < -0.3 is 9.88 Å². The first-order valence-corrected chi connectivity index (χ1v) is 7.04. The van der Waals surface area contributed by atoms with E-state index in [-0.39, 0.29) is 17.9 Å². The van der Waals surface area contributed by atoms with Crippen LogP contribution in [0.5, 0.6) is 0 Å². The molecule has 0 bridgehead atoms. The molecular formula is C16H19N3O. The summed E-state index contributed by atoms with van der Waals surface area (Å²) in [7, 11) is 0. The monoisotopic (exact) mass is 269 g/mol. The minimum Gasteiger partial charge on any atom is -0.349 e. The number of nitrogens with one attached hydrogen (secondary N) is 1. The molecule has 1 aromatic carbocycles. The van der Waals surface area contributed by atoms with Gasteiger partial charge in [0.2, 0.25) is 5.91 Å². The number of amides is 1. The van der Waals surface area contributed by atoms with Gasteiger partial charge in [0.1, 0.15) is 0 Å². The van der Waals surface area contributed by atoms with Crippen molar-refractivity contribution in [3.05, 3.63) is 48.5 Å². The Hall–Kier alpha value is -2.10. The van der Waals surface area contributed by atoms with E-state index in [0.717, 1.165) is 17.7 Å². The van der Waals surface area contributed by atoms with Crippen LogP contribution in [0.25, 0.3) is 5.69 Å². The van der Waals surface area contributed by atoms with Crippen LogP contribution in [0.15, 0.2) is 43.0 Å². The summed E-state index contributed by atoms with van der Waals surface area (Å²) in [4.78, 5) is 16.0. The molecule has 0 spiro atoms. The van der Waals surface area contributed by atoms with Gasteiger partial charge >= 0.3 is 0 Å². The summed E-state index contributed by atoms with van der Waals surface area (Å²) in [5, 5.41) is 3.08. The molecule has 1 aliphatic carbocycles. The molecule has 1 aliphatic rings. The molecule has 1 amide bonds. The minimum absolute atomic E-state index is 0.0483. The second-order valence-corrected chi connectivity index (χ2v) is 5.61. The molecule has 0 radical (unpaired) electrons. The van der Waals surface area contributed by atoms with Crippen molar-refractivity contribution in [2.24, 2.45) is 11.8 Å². The van der Waals surface area contributed by atoms with Crippen molar-refractivity contribution in [3.63, 3.8) is 0 Å². The molecule has 1 fully saturated rings. The lowest BCUT2D eigenvalue weighted by molar-refractivity contribution is -0.123. The topological polar surface area (TPSA) is 46.9 Å². The molecule has 0 saturated heterocycles. The maximum atomic E-state index is 11.9. The molecule has 20 heavy (non-hydrogen) atoms. The Kier molecular flexibility index (Phi) is 3.30. The van der Waals surface area contributed by atoms with Crippen LogP contribution in [0.1, 0.15) is 31.9 Å². The fourth-order valence-electron chi connectivity index (χ4n) is 2.44. The van der Waals surface area contributed by atoms with Crippen LogP contribution in [0.2, 0.25) is 0 Å². The summed E-state index contributed by atoms with van der Waals surface area (Å²) in [5.41, 5.74) is 2.19. The number of benzene rings is 1. The van der Waals surface area contributed by atoms with E-state index in [0.29, 0.717) is 5.92 Å². The average Bonchev–Trinajstić information content (AvgIpc) is 2.97. The predicted molar refractivity (Wildman–Crippen MR) is 77.4 cm³/mol. The predicted octanol–water partition coefficient (Wildman–Crippen LogP) is 2.71. The summed E-state index contributed by atoms with van der Waals surface area (Å²) in [6, 6.07) is 8.23. The third-order valence-corrected chi connectivity index (χ3v) is 4.00. The van der Waals surface area contributed by atoms with Crippen LogP contribution in [-0.4, -0.2) is 15.5 Å². The van der Waals surface area contributed by atoms with E-state index in [2.05, 4.69) is 29.4 Å². The van der Waals surface area contributed by atoms with Gasteiger partial charge in [-0.05, 0) is 37.0 Å². The number of carbonyl (C=O) groups excluding carboxylic acids is 1. The summed E-state index contributed by atoms with van der Waals surface area (Å²) < 4.78 is 1.96. The second-order valence-electron chi connectivity index (χ2n) is 5.61. The second kappa shape index (κ2) is 5.12. The first-order chi connectivity index (χ1) is 9.65. The zero-order valence-corrected chi connectivity index (χ0v) is 11.8. The fourth-order valence-corrected chi connectivity index (χ4v) is 2.44. The van der Waals surface area contributed by atoms with Crippen molar-refractivity contribution in [3.8, 4) is 5.69 Å².